The maximum atomic E-state index is 10.5. The van der Waals surface area contributed by atoms with E-state index in [9.17, 15) is 4.79 Å². The van der Waals surface area contributed by atoms with Gasteiger partial charge in [-0.1, -0.05) is 18.2 Å². The van der Waals surface area contributed by atoms with E-state index in [4.69, 9.17) is 10.2 Å². The summed E-state index contributed by atoms with van der Waals surface area (Å²) in [6.07, 6.45) is 5.21. The Bertz CT molecular complexity index is 514. The topological polar surface area (TPSA) is 69.1 Å². The lowest BCUT2D eigenvalue weighted by atomic mass is 10.2. The molecule has 1 aromatic carbocycles. The molecule has 0 saturated carbocycles. The van der Waals surface area contributed by atoms with Crippen molar-refractivity contribution in [1.29, 1.82) is 0 Å². The van der Waals surface area contributed by atoms with Crippen LogP contribution in [0.2, 0.25) is 0 Å². The third-order valence-corrected chi connectivity index (χ3v) is 1.98. The summed E-state index contributed by atoms with van der Waals surface area (Å²) in [4.78, 5) is 14.5. The lowest BCUT2D eigenvalue weighted by Crippen LogP contribution is -2.07. The number of nitrogens with zero attached hydrogens (tertiary/aromatic N) is 1. The number of primary amides is 1. The van der Waals surface area contributed by atoms with Crippen molar-refractivity contribution >= 4 is 23.1 Å². The van der Waals surface area contributed by atoms with Gasteiger partial charge in [0, 0.05) is 6.42 Å². The van der Waals surface area contributed by atoms with Crippen LogP contribution in [0.1, 0.15) is 12.0 Å². The normalized spacial score (nSPS) is 11.2. The summed E-state index contributed by atoms with van der Waals surface area (Å²) in [6, 6.07) is 5.62. The molecule has 0 aliphatic carbocycles. The van der Waals surface area contributed by atoms with Crippen molar-refractivity contribution in [3.05, 3.63) is 36.2 Å². The van der Waals surface area contributed by atoms with Crippen LogP contribution >= 0.6 is 0 Å². The number of fused-ring (bicyclic) bond motifs is 1. The lowest BCUT2D eigenvalue weighted by Gasteiger charge is -1.92. The maximum absolute atomic E-state index is 10.5. The number of rotatable bonds is 3. The average molecular weight is 202 g/mol. The molecule has 0 bridgehead atoms. The van der Waals surface area contributed by atoms with Gasteiger partial charge in [0.05, 0.1) is 0 Å². The quantitative estimate of drug-likeness (QED) is 0.823. The number of benzene rings is 1. The lowest BCUT2D eigenvalue weighted by molar-refractivity contribution is -0.117. The molecule has 4 nitrogen and oxygen atoms in total. The van der Waals surface area contributed by atoms with Gasteiger partial charge in [-0.2, -0.15) is 0 Å². The molecular formula is C11H10N2O2. The van der Waals surface area contributed by atoms with Gasteiger partial charge in [-0.15, -0.1) is 0 Å². The highest BCUT2D eigenvalue weighted by molar-refractivity contribution is 5.78. The Labute approximate surface area is 86.4 Å². The first-order valence-corrected chi connectivity index (χ1v) is 4.54. The van der Waals surface area contributed by atoms with Crippen molar-refractivity contribution in [2.24, 2.45) is 5.73 Å². The van der Waals surface area contributed by atoms with Crippen molar-refractivity contribution < 1.29 is 9.21 Å². The fraction of sp³-hybridized carbons (Fsp3) is 0.0909. The molecule has 0 fully saturated rings. The van der Waals surface area contributed by atoms with Crippen LogP contribution < -0.4 is 5.73 Å². The van der Waals surface area contributed by atoms with Crippen LogP contribution in [0, 0.1) is 0 Å². The van der Waals surface area contributed by atoms with E-state index in [-0.39, 0.29) is 12.3 Å². The van der Waals surface area contributed by atoms with E-state index in [1.165, 1.54) is 6.39 Å². The Hall–Kier alpha value is -2.10. The van der Waals surface area contributed by atoms with Crippen LogP contribution in [0.4, 0.5) is 0 Å². The minimum Gasteiger partial charge on any atom is -0.443 e. The first-order valence-electron chi connectivity index (χ1n) is 4.54. The molecule has 0 spiro atoms. The molecule has 15 heavy (non-hydrogen) atoms. The first-order chi connectivity index (χ1) is 7.25. The second-order valence-corrected chi connectivity index (χ2v) is 3.15. The summed E-state index contributed by atoms with van der Waals surface area (Å²) < 4.78 is 5.11. The van der Waals surface area contributed by atoms with Gasteiger partial charge in [0.1, 0.15) is 5.52 Å². The minimum absolute atomic E-state index is 0.247. The molecule has 0 atom stereocenters. The van der Waals surface area contributed by atoms with Gasteiger partial charge in [0.2, 0.25) is 5.91 Å². The Morgan fingerprint density at radius 3 is 3.20 bits per heavy atom. The Morgan fingerprint density at radius 1 is 1.53 bits per heavy atom. The van der Waals surface area contributed by atoms with Gasteiger partial charge >= 0.3 is 0 Å². The second-order valence-electron chi connectivity index (χ2n) is 3.15. The maximum Gasteiger partial charge on any atom is 0.221 e. The van der Waals surface area contributed by atoms with Crippen LogP contribution in [0.3, 0.4) is 0 Å². The van der Waals surface area contributed by atoms with Gasteiger partial charge in [0.15, 0.2) is 12.0 Å². The van der Waals surface area contributed by atoms with Crippen molar-refractivity contribution in [2.75, 3.05) is 0 Å². The van der Waals surface area contributed by atoms with Gasteiger partial charge in [-0.25, -0.2) is 4.98 Å². The van der Waals surface area contributed by atoms with Crippen molar-refractivity contribution in [3.8, 4) is 0 Å². The number of carbonyl (C=O) groups is 1. The van der Waals surface area contributed by atoms with E-state index in [1.54, 1.807) is 6.08 Å². The number of oxazole rings is 1. The number of hydrogen-bond donors (Lipinski definition) is 1. The molecule has 1 heterocycles. The average Bonchev–Trinajstić information content (AvgIpc) is 2.64. The predicted molar refractivity (Wildman–Crippen MR) is 56.9 cm³/mol. The summed E-state index contributed by atoms with van der Waals surface area (Å²) >= 11 is 0. The molecular weight excluding hydrogens is 192 g/mol. The molecule has 0 aliphatic rings. The summed E-state index contributed by atoms with van der Waals surface area (Å²) in [6.45, 7) is 0. The van der Waals surface area contributed by atoms with Crippen molar-refractivity contribution in [1.82, 2.24) is 4.98 Å². The number of nitrogens with two attached hydrogens (primary N) is 1. The number of hydrogen-bond acceptors (Lipinski definition) is 3. The predicted octanol–water partition coefficient (Wildman–Crippen LogP) is 1.72. The Morgan fingerprint density at radius 2 is 2.40 bits per heavy atom. The highest BCUT2D eigenvalue weighted by Crippen LogP contribution is 2.15. The van der Waals surface area contributed by atoms with E-state index in [1.807, 2.05) is 24.3 Å². The summed E-state index contributed by atoms with van der Waals surface area (Å²) in [7, 11) is 0. The largest absolute Gasteiger partial charge is 0.443 e. The SMILES string of the molecule is NC(=O)CC=Cc1ccc2ocnc2c1. The third kappa shape index (κ3) is 2.22. The van der Waals surface area contributed by atoms with Gasteiger partial charge in [-0.3, -0.25) is 4.79 Å². The Kier molecular flexibility index (Phi) is 2.49. The minimum atomic E-state index is -0.339. The fourth-order valence-electron chi connectivity index (χ4n) is 1.29. The molecule has 2 aromatic rings. The summed E-state index contributed by atoms with van der Waals surface area (Å²) in [5.41, 5.74) is 7.54. The standard InChI is InChI=1S/C11H10N2O2/c12-11(14)3-1-2-8-4-5-10-9(6-8)13-7-15-10/h1-2,4-7H,3H2,(H2,12,14). The first kappa shape index (κ1) is 9.45. The van der Waals surface area contributed by atoms with Crippen LogP contribution in [0.25, 0.3) is 17.2 Å². The zero-order valence-corrected chi connectivity index (χ0v) is 8.01. The number of carbonyl (C=O) groups excluding carboxylic acids is 1. The Balaban J connectivity index is 2.21. The molecule has 1 aromatic heterocycles. The van der Waals surface area contributed by atoms with Crippen molar-refractivity contribution in [2.45, 2.75) is 6.42 Å². The summed E-state index contributed by atoms with van der Waals surface area (Å²) in [5.74, 6) is -0.339. The zero-order valence-electron chi connectivity index (χ0n) is 8.01. The van der Waals surface area contributed by atoms with Crippen molar-refractivity contribution in [3.63, 3.8) is 0 Å². The van der Waals surface area contributed by atoms with Crippen LogP contribution in [-0.4, -0.2) is 10.9 Å². The van der Waals surface area contributed by atoms with Crippen LogP contribution in [-0.2, 0) is 4.79 Å². The van der Waals surface area contributed by atoms with E-state index in [0.717, 1.165) is 16.7 Å². The second kappa shape index (κ2) is 3.96. The number of amides is 1. The zero-order chi connectivity index (χ0) is 10.7. The molecule has 0 aliphatic heterocycles. The molecule has 4 heteroatoms. The highest BCUT2D eigenvalue weighted by atomic mass is 16.3. The van der Waals surface area contributed by atoms with E-state index in [2.05, 4.69) is 4.98 Å². The van der Waals surface area contributed by atoms with E-state index < -0.39 is 0 Å². The molecule has 0 saturated heterocycles. The highest BCUT2D eigenvalue weighted by Gasteiger charge is 1.97. The van der Waals surface area contributed by atoms with Gasteiger partial charge in [-0.05, 0) is 17.7 Å². The number of aromatic nitrogens is 1. The van der Waals surface area contributed by atoms with Gasteiger partial charge < -0.3 is 10.2 Å². The molecule has 76 valence electrons. The van der Waals surface area contributed by atoms with E-state index in [0.29, 0.717) is 0 Å². The monoisotopic (exact) mass is 202 g/mol. The van der Waals surface area contributed by atoms with E-state index >= 15 is 0 Å². The van der Waals surface area contributed by atoms with Crippen LogP contribution in [0.5, 0.6) is 0 Å². The molecule has 0 radical (unpaired) electrons. The molecule has 0 unspecified atom stereocenters. The molecule has 1 amide bonds. The smallest absolute Gasteiger partial charge is 0.221 e. The fourth-order valence-corrected chi connectivity index (χ4v) is 1.29. The third-order valence-electron chi connectivity index (χ3n) is 1.98. The van der Waals surface area contributed by atoms with Gasteiger partial charge in [0.25, 0.3) is 0 Å². The molecule has 2 N–H and O–H groups in total. The molecule has 2 rings (SSSR count). The summed E-state index contributed by atoms with van der Waals surface area (Å²) in [5, 5.41) is 0. The van der Waals surface area contributed by atoms with Crippen LogP contribution in [0.15, 0.2) is 35.1 Å².